The molecule has 0 N–H and O–H groups in total. The van der Waals surface area contributed by atoms with Gasteiger partial charge >= 0.3 is 51.4 Å². The van der Waals surface area contributed by atoms with Crippen LogP contribution in [0.5, 0.6) is 0 Å². The van der Waals surface area contributed by atoms with E-state index in [4.69, 9.17) is 0 Å². The van der Waals surface area contributed by atoms with Crippen molar-refractivity contribution in [3.8, 4) is 0 Å². The van der Waals surface area contributed by atoms with Crippen LogP contribution in [-0.4, -0.2) is 51.4 Å². The van der Waals surface area contributed by atoms with Gasteiger partial charge in [0.1, 0.15) is 0 Å². The third kappa shape index (κ3) is 12.3. The second-order valence-electron chi connectivity index (χ2n) is 5.42. The normalized spacial score (nSPS) is 10.2. The molecule has 0 aliphatic carbocycles. The number of hydrogen-bond acceptors (Lipinski definition) is 0. The first-order valence-electron chi connectivity index (χ1n) is 7.97. The first-order valence-corrected chi connectivity index (χ1v) is 7.97. The van der Waals surface area contributed by atoms with Crippen molar-refractivity contribution in [2.24, 2.45) is 0 Å². The van der Waals surface area contributed by atoms with Crippen LogP contribution in [0.4, 0.5) is 0 Å². The Morgan fingerprint density at radius 3 is 1.63 bits per heavy atom. The van der Waals surface area contributed by atoms with E-state index in [1.165, 1.54) is 76.2 Å². The van der Waals surface area contributed by atoms with Crippen molar-refractivity contribution in [2.45, 2.75) is 77.6 Å². The van der Waals surface area contributed by atoms with Gasteiger partial charge in [-0.3, -0.25) is 0 Å². The third-order valence-electron chi connectivity index (χ3n) is 3.66. The van der Waals surface area contributed by atoms with Crippen molar-refractivity contribution < 1.29 is 0 Å². The molecule has 0 atom stereocenters. The minimum atomic E-state index is 0. The molecule has 0 heterocycles. The molecular weight excluding hydrogens is 255 g/mol. The zero-order chi connectivity index (χ0) is 12.9. The quantitative estimate of drug-likeness (QED) is 0.372. The molecule has 1 aromatic carbocycles. The molecule has 1 aromatic rings. The first-order chi connectivity index (χ1) is 8.93. The molecule has 0 spiro atoms. The standard InChI is InChI=1S/C18H30.K.H/c1-2-3-4-5-6-7-8-9-10-12-15-18-16-13-11-14-17-18;;/h11,13-14,16-17H,2-10,12,15H2,1H3;;. The Balaban J connectivity index is 0.00000324. The van der Waals surface area contributed by atoms with Crippen molar-refractivity contribution in [1.82, 2.24) is 0 Å². The van der Waals surface area contributed by atoms with Gasteiger partial charge in [0.25, 0.3) is 0 Å². The van der Waals surface area contributed by atoms with E-state index >= 15 is 0 Å². The Labute approximate surface area is 163 Å². The summed E-state index contributed by atoms with van der Waals surface area (Å²) >= 11 is 0. The van der Waals surface area contributed by atoms with Crippen molar-refractivity contribution >= 4 is 51.4 Å². The zero-order valence-electron chi connectivity index (χ0n) is 12.2. The monoisotopic (exact) mass is 286 g/mol. The van der Waals surface area contributed by atoms with Crippen LogP contribution >= 0.6 is 0 Å². The molecule has 0 fully saturated rings. The summed E-state index contributed by atoms with van der Waals surface area (Å²) in [6.07, 6.45) is 15.5. The summed E-state index contributed by atoms with van der Waals surface area (Å²) in [5.41, 5.74) is 1.50. The van der Waals surface area contributed by atoms with Crippen LogP contribution in [0, 0.1) is 0 Å². The summed E-state index contributed by atoms with van der Waals surface area (Å²) in [5, 5.41) is 0. The van der Waals surface area contributed by atoms with Crippen LogP contribution in [0.2, 0.25) is 0 Å². The molecule has 0 bridgehead atoms. The number of unbranched alkanes of at least 4 members (excludes halogenated alkanes) is 9. The number of rotatable bonds is 11. The SMILES string of the molecule is CCCCCCCCCCCCc1ccccc1.[KH]. The molecule has 0 unspecified atom stereocenters. The van der Waals surface area contributed by atoms with Crippen molar-refractivity contribution in [1.29, 1.82) is 0 Å². The van der Waals surface area contributed by atoms with Crippen LogP contribution in [0.15, 0.2) is 30.3 Å². The molecule has 104 valence electrons. The second-order valence-corrected chi connectivity index (χ2v) is 5.42. The molecule has 1 heteroatoms. The van der Waals surface area contributed by atoms with E-state index in [1.807, 2.05) is 0 Å². The zero-order valence-corrected chi connectivity index (χ0v) is 12.2. The average Bonchev–Trinajstić information content (AvgIpc) is 2.42. The molecule has 0 nitrogen and oxygen atoms in total. The molecule has 0 amide bonds. The summed E-state index contributed by atoms with van der Waals surface area (Å²) in [6, 6.07) is 10.9. The Morgan fingerprint density at radius 1 is 0.632 bits per heavy atom. The van der Waals surface area contributed by atoms with Gasteiger partial charge in [0.2, 0.25) is 0 Å². The fourth-order valence-corrected chi connectivity index (χ4v) is 2.46. The van der Waals surface area contributed by atoms with E-state index in [0.717, 1.165) is 0 Å². The molecule has 0 aromatic heterocycles. The van der Waals surface area contributed by atoms with Gasteiger partial charge in [-0.1, -0.05) is 95.0 Å². The van der Waals surface area contributed by atoms with E-state index in [-0.39, 0.29) is 51.4 Å². The van der Waals surface area contributed by atoms with Crippen LogP contribution in [0.1, 0.15) is 76.7 Å². The van der Waals surface area contributed by atoms with E-state index in [2.05, 4.69) is 37.3 Å². The number of aryl methyl sites for hydroxylation is 1. The van der Waals surface area contributed by atoms with E-state index in [0.29, 0.717) is 0 Å². The number of benzene rings is 1. The van der Waals surface area contributed by atoms with Gasteiger partial charge < -0.3 is 0 Å². The Hall–Kier alpha value is 0.856. The fraction of sp³-hybridized carbons (Fsp3) is 0.667. The predicted molar refractivity (Wildman–Crippen MR) is 89.1 cm³/mol. The van der Waals surface area contributed by atoms with Crippen molar-refractivity contribution in [2.75, 3.05) is 0 Å². The molecule has 0 aliphatic rings. The van der Waals surface area contributed by atoms with Crippen LogP contribution in [0.25, 0.3) is 0 Å². The summed E-state index contributed by atoms with van der Waals surface area (Å²) in [6.45, 7) is 2.28. The Bertz CT molecular complexity index is 268. The topological polar surface area (TPSA) is 0 Å². The van der Waals surface area contributed by atoms with Crippen LogP contribution in [-0.2, 0) is 6.42 Å². The maximum atomic E-state index is 2.28. The second kappa shape index (κ2) is 15.2. The maximum absolute atomic E-state index is 2.28. The van der Waals surface area contributed by atoms with Gasteiger partial charge in [0.15, 0.2) is 0 Å². The minimum absolute atomic E-state index is 0. The van der Waals surface area contributed by atoms with Gasteiger partial charge in [-0.05, 0) is 18.4 Å². The number of hydrogen-bond donors (Lipinski definition) is 0. The van der Waals surface area contributed by atoms with Crippen molar-refractivity contribution in [3.63, 3.8) is 0 Å². The molecule has 19 heavy (non-hydrogen) atoms. The molecule has 0 saturated heterocycles. The molecule has 0 radical (unpaired) electrons. The van der Waals surface area contributed by atoms with Crippen LogP contribution < -0.4 is 0 Å². The van der Waals surface area contributed by atoms with E-state index in [9.17, 15) is 0 Å². The van der Waals surface area contributed by atoms with Gasteiger partial charge in [-0.2, -0.15) is 0 Å². The summed E-state index contributed by atoms with van der Waals surface area (Å²) in [4.78, 5) is 0. The Morgan fingerprint density at radius 2 is 1.11 bits per heavy atom. The molecule has 0 saturated carbocycles. The average molecular weight is 287 g/mol. The summed E-state index contributed by atoms with van der Waals surface area (Å²) < 4.78 is 0. The predicted octanol–water partition coefficient (Wildman–Crippen LogP) is 5.50. The van der Waals surface area contributed by atoms with E-state index in [1.54, 1.807) is 0 Å². The van der Waals surface area contributed by atoms with Gasteiger partial charge in [-0.25, -0.2) is 0 Å². The first kappa shape index (κ1) is 19.9. The fourth-order valence-electron chi connectivity index (χ4n) is 2.46. The third-order valence-corrected chi connectivity index (χ3v) is 3.66. The van der Waals surface area contributed by atoms with Gasteiger partial charge in [-0.15, -0.1) is 0 Å². The van der Waals surface area contributed by atoms with E-state index < -0.39 is 0 Å². The summed E-state index contributed by atoms with van der Waals surface area (Å²) in [5.74, 6) is 0. The van der Waals surface area contributed by atoms with Crippen LogP contribution in [0.3, 0.4) is 0 Å². The Kier molecular flexibility index (Phi) is 15.9. The van der Waals surface area contributed by atoms with Gasteiger partial charge in [0.05, 0.1) is 0 Å². The molecular formula is C18H31K. The van der Waals surface area contributed by atoms with Crippen molar-refractivity contribution in [3.05, 3.63) is 35.9 Å². The summed E-state index contributed by atoms with van der Waals surface area (Å²) in [7, 11) is 0. The molecule has 0 aliphatic heterocycles. The molecule has 1 rings (SSSR count). The van der Waals surface area contributed by atoms with Gasteiger partial charge in [0, 0.05) is 0 Å².